The van der Waals surface area contributed by atoms with Crippen LogP contribution < -0.4 is 5.32 Å². The highest BCUT2D eigenvalue weighted by Crippen LogP contribution is 2.05. The van der Waals surface area contributed by atoms with Gasteiger partial charge in [-0.1, -0.05) is 29.8 Å². The molecule has 0 aliphatic heterocycles. The quantitative estimate of drug-likeness (QED) is 0.750. The molecule has 3 heteroatoms. The van der Waals surface area contributed by atoms with Gasteiger partial charge in [0.1, 0.15) is 0 Å². The van der Waals surface area contributed by atoms with Gasteiger partial charge in [-0.25, -0.2) is 0 Å². The molecule has 0 radical (unpaired) electrons. The van der Waals surface area contributed by atoms with Gasteiger partial charge < -0.3 is 5.32 Å². The zero-order valence-electron chi connectivity index (χ0n) is 10.9. The highest BCUT2D eigenvalue weighted by Gasteiger charge is 2.01. The number of rotatable bonds is 7. The van der Waals surface area contributed by atoms with Gasteiger partial charge in [-0.2, -0.15) is 5.26 Å². The van der Waals surface area contributed by atoms with E-state index in [-0.39, 0.29) is 5.91 Å². The molecule has 0 aliphatic carbocycles. The summed E-state index contributed by atoms with van der Waals surface area (Å²) in [6.07, 6.45) is 3.61. The highest BCUT2D eigenvalue weighted by molar-refractivity contribution is 5.76. The first-order valence-corrected chi connectivity index (χ1v) is 6.41. The summed E-state index contributed by atoms with van der Waals surface area (Å²) in [5.74, 6) is 0.0903. The SMILES string of the molecule is Cc1ccc(CCC(=O)NCCCCC#N)cc1. The number of benzene rings is 1. The van der Waals surface area contributed by atoms with E-state index < -0.39 is 0 Å². The minimum absolute atomic E-state index is 0.0903. The number of nitrogens with zero attached hydrogens (tertiary/aromatic N) is 1. The van der Waals surface area contributed by atoms with Crippen molar-refractivity contribution in [3.63, 3.8) is 0 Å². The molecule has 0 aliphatic rings. The van der Waals surface area contributed by atoms with Crippen LogP contribution in [0.4, 0.5) is 0 Å². The fraction of sp³-hybridized carbons (Fsp3) is 0.467. The number of aryl methyl sites for hydroxylation is 2. The van der Waals surface area contributed by atoms with Crippen LogP contribution in [0, 0.1) is 18.3 Å². The zero-order chi connectivity index (χ0) is 13.2. The number of carbonyl (C=O) groups excluding carboxylic acids is 1. The van der Waals surface area contributed by atoms with Crippen LogP contribution in [0.3, 0.4) is 0 Å². The van der Waals surface area contributed by atoms with Crippen LogP contribution in [0.5, 0.6) is 0 Å². The molecule has 1 N–H and O–H groups in total. The molecule has 0 saturated heterocycles. The topological polar surface area (TPSA) is 52.9 Å². The first-order valence-electron chi connectivity index (χ1n) is 6.41. The van der Waals surface area contributed by atoms with E-state index in [0.29, 0.717) is 19.4 Å². The van der Waals surface area contributed by atoms with Crippen molar-refractivity contribution in [3.8, 4) is 6.07 Å². The molecule has 18 heavy (non-hydrogen) atoms. The lowest BCUT2D eigenvalue weighted by atomic mass is 10.1. The second-order valence-electron chi connectivity index (χ2n) is 4.45. The van der Waals surface area contributed by atoms with Crippen LogP contribution >= 0.6 is 0 Å². The van der Waals surface area contributed by atoms with Gasteiger partial charge in [-0.3, -0.25) is 4.79 Å². The minimum Gasteiger partial charge on any atom is -0.356 e. The van der Waals surface area contributed by atoms with E-state index in [1.165, 1.54) is 11.1 Å². The van der Waals surface area contributed by atoms with Crippen molar-refractivity contribution < 1.29 is 4.79 Å². The van der Waals surface area contributed by atoms with Crippen LogP contribution in [-0.4, -0.2) is 12.5 Å². The number of carbonyl (C=O) groups is 1. The number of nitrogens with one attached hydrogen (secondary N) is 1. The Kier molecular flexibility index (Phi) is 6.56. The maximum absolute atomic E-state index is 11.5. The molecule has 1 rings (SSSR count). The Morgan fingerprint density at radius 2 is 2.00 bits per heavy atom. The molecule has 1 aromatic carbocycles. The van der Waals surface area contributed by atoms with Gasteiger partial charge in [0.2, 0.25) is 5.91 Å². The molecule has 0 saturated carbocycles. The van der Waals surface area contributed by atoms with Crippen LogP contribution in [0.15, 0.2) is 24.3 Å². The normalized spacial score (nSPS) is 9.78. The Morgan fingerprint density at radius 1 is 1.28 bits per heavy atom. The third-order valence-corrected chi connectivity index (χ3v) is 2.80. The second-order valence-corrected chi connectivity index (χ2v) is 4.45. The molecule has 1 amide bonds. The Bertz CT molecular complexity index is 403. The Balaban J connectivity index is 2.13. The molecule has 0 heterocycles. The summed E-state index contributed by atoms with van der Waals surface area (Å²) < 4.78 is 0. The van der Waals surface area contributed by atoms with Gasteiger partial charge in [0.05, 0.1) is 6.07 Å². The van der Waals surface area contributed by atoms with E-state index in [1.807, 2.05) is 0 Å². The van der Waals surface area contributed by atoms with Crippen molar-refractivity contribution in [1.29, 1.82) is 5.26 Å². The van der Waals surface area contributed by atoms with Crippen LogP contribution in [0.1, 0.15) is 36.8 Å². The number of unbranched alkanes of at least 4 members (excludes halogenated alkanes) is 2. The summed E-state index contributed by atoms with van der Waals surface area (Å²) in [4.78, 5) is 11.5. The fourth-order valence-electron chi connectivity index (χ4n) is 1.66. The Morgan fingerprint density at radius 3 is 2.67 bits per heavy atom. The Labute approximate surface area is 109 Å². The summed E-state index contributed by atoms with van der Waals surface area (Å²) in [5, 5.41) is 11.2. The summed E-state index contributed by atoms with van der Waals surface area (Å²) in [5.41, 5.74) is 2.43. The largest absolute Gasteiger partial charge is 0.356 e. The summed E-state index contributed by atoms with van der Waals surface area (Å²) in [6.45, 7) is 2.73. The summed E-state index contributed by atoms with van der Waals surface area (Å²) >= 11 is 0. The first kappa shape index (κ1) is 14.2. The molecular weight excluding hydrogens is 224 g/mol. The van der Waals surface area contributed by atoms with Crippen molar-refractivity contribution in [1.82, 2.24) is 5.32 Å². The van der Waals surface area contributed by atoms with E-state index in [1.54, 1.807) is 0 Å². The van der Waals surface area contributed by atoms with E-state index in [9.17, 15) is 4.79 Å². The van der Waals surface area contributed by atoms with Crippen LogP contribution in [-0.2, 0) is 11.2 Å². The van der Waals surface area contributed by atoms with E-state index in [4.69, 9.17) is 5.26 Å². The minimum atomic E-state index is 0.0903. The van der Waals surface area contributed by atoms with Crippen LogP contribution in [0.2, 0.25) is 0 Å². The second kappa shape index (κ2) is 8.30. The molecule has 0 fully saturated rings. The molecule has 0 aromatic heterocycles. The lowest BCUT2D eigenvalue weighted by molar-refractivity contribution is -0.121. The van der Waals surface area contributed by atoms with Crippen molar-refractivity contribution in [2.24, 2.45) is 0 Å². The van der Waals surface area contributed by atoms with Gasteiger partial charge in [-0.05, 0) is 31.7 Å². The average molecular weight is 244 g/mol. The van der Waals surface area contributed by atoms with Crippen molar-refractivity contribution in [3.05, 3.63) is 35.4 Å². The third kappa shape index (κ3) is 6.05. The summed E-state index contributed by atoms with van der Waals surface area (Å²) in [6, 6.07) is 10.4. The van der Waals surface area contributed by atoms with Gasteiger partial charge in [0.25, 0.3) is 0 Å². The molecule has 3 nitrogen and oxygen atoms in total. The number of amides is 1. The van der Waals surface area contributed by atoms with Crippen molar-refractivity contribution >= 4 is 5.91 Å². The third-order valence-electron chi connectivity index (χ3n) is 2.80. The zero-order valence-corrected chi connectivity index (χ0v) is 10.9. The van der Waals surface area contributed by atoms with E-state index >= 15 is 0 Å². The molecule has 96 valence electrons. The molecule has 1 aromatic rings. The van der Waals surface area contributed by atoms with Gasteiger partial charge in [-0.15, -0.1) is 0 Å². The Hall–Kier alpha value is -1.82. The number of hydrogen-bond donors (Lipinski definition) is 1. The van der Waals surface area contributed by atoms with E-state index in [0.717, 1.165) is 19.3 Å². The van der Waals surface area contributed by atoms with E-state index in [2.05, 4.69) is 42.6 Å². The molecule has 0 spiro atoms. The maximum Gasteiger partial charge on any atom is 0.220 e. The van der Waals surface area contributed by atoms with Crippen molar-refractivity contribution in [2.45, 2.75) is 39.0 Å². The van der Waals surface area contributed by atoms with Crippen molar-refractivity contribution in [2.75, 3.05) is 6.54 Å². The molecular formula is C15H20N2O. The number of hydrogen-bond acceptors (Lipinski definition) is 2. The number of nitriles is 1. The monoisotopic (exact) mass is 244 g/mol. The van der Waals surface area contributed by atoms with Crippen LogP contribution in [0.25, 0.3) is 0 Å². The molecule has 0 bridgehead atoms. The van der Waals surface area contributed by atoms with Gasteiger partial charge in [0, 0.05) is 19.4 Å². The standard InChI is InChI=1S/C15H20N2O/c1-13-5-7-14(8-6-13)9-10-15(18)17-12-4-2-3-11-16/h5-8H,2-4,9-10,12H2,1H3,(H,17,18). The molecule has 0 atom stereocenters. The first-order chi connectivity index (χ1) is 8.72. The summed E-state index contributed by atoms with van der Waals surface area (Å²) in [7, 11) is 0. The lowest BCUT2D eigenvalue weighted by Gasteiger charge is -2.04. The fourth-order valence-corrected chi connectivity index (χ4v) is 1.66. The lowest BCUT2D eigenvalue weighted by Crippen LogP contribution is -2.24. The van der Waals surface area contributed by atoms with Gasteiger partial charge in [0.15, 0.2) is 0 Å². The van der Waals surface area contributed by atoms with Gasteiger partial charge >= 0.3 is 0 Å². The highest BCUT2D eigenvalue weighted by atomic mass is 16.1. The predicted molar refractivity (Wildman–Crippen MR) is 72.0 cm³/mol. The average Bonchev–Trinajstić information content (AvgIpc) is 2.38. The molecule has 0 unspecified atom stereocenters. The maximum atomic E-state index is 11.5. The smallest absolute Gasteiger partial charge is 0.220 e. The predicted octanol–water partition coefficient (Wildman–Crippen LogP) is 2.74.